The SMILES string of the molecule is O=C(O)c1ccc(C2=C3C=CC(Cl)=[N+]3[B-](F)(F)n3c(Cl)ccc32)cc1. The molecule has 0 unspecified atom stereocenters. The van der Waals surface area contributed by atoms with Crippen LogP contribution in [0.15, 0.2) is 54.2 Å². The van der Waals surface area contributed by atoms with Crippen molar-refractivity contribution in [2.24, 2.45) is 0 Å². The van der Waals surface area contributed by atoms with Gasteiger partial charge in [0.2, 0.25) is 5.17 Å². The van der Waals surface area contributed by atoms with E-state index in [1.54, 1.807) is 12.1 Å². The smallest absolute Gasteiger partial charge is 0.478 e. The lowest BCUT2D eigenvalue weighted by Crippen LogP contribution is -2.50. The average Bonchev–Trinajstić information content (AvgIpc) is 3.13. The molecule has 2 aliphatic rings. The molecule has 1 aromatic carbocycles. The number of allylic oxidation sites excluding steroid dienone is 2. The number of aromatic nitrogens is 1. The van der Waals surface area contributed by atoms with Crippen LogP contribution in [0.1, 0.15) is 21.6 Å². The van der Waals surface area contributed by atoms with E-state index in [0.29, 0.717) is 11.1 Å². The second-order valence-corrected chi connectivity index (χ2v) is 6.44. The molecule has 4 rings (SSSR count). The van der Waals surface area contributed by atoms with Crippen molar-refractivity contribution in [3.63, 3.8) is 0 Å². The fourth-order valence-corrected chi connectivity index (χ4v) is 3.75. The van der Waals surface area contributed by atoms with Gasteiger partial charge in [-0.3, -0.25) is 0 Å². The minimum Gasteiger partial charge on any atom is -0.478 e. The van der Waals surface area contributed by atoms with Crippen molar-refractivity contribution >= 4 is 46.9 Å². The fourth-order valence-electron chi connectivity index (χ4n) is 3.21. The van der Waals surface area contributed by atoms with Gasteiger partial charge in [0.1, 0.15) is 0 Å². The normalized spacial score (nSPS) is 17.8. The summed E-state index contributed by atoms with van der Waals surface area (Å²) in [5.74, 6) is -1.06. The van der Waals surface area contributed by atoms with E-state index in [4.69, 9.17) is 28.3 Å². The molecule has 0 radical (unpaired) electrons. The van der Waals surface area contributed by atoms with Crippen molar-refractivity contribution in [1.82, 2.24) is 4.48 Å². The lowest BCUT2D eigenvalue weighted by Gasteiger charge is -2.31. The third-order valence-corrected chi connectivity index (χ3v) is 4.91. The van der Waals surface area contributed by atoms with E-state index < -0.39 is 12.9 Å². The lowest BCUT2D eigenvalue weighted by atomic mass is 9.86. The summed E-state index contributed by atoms with van der Waals surface area (Å²) < 4.78 is 31.5. The Hall–Kier alpha value is -2.38. The van der Waals surface area contributed by atoms with E-state index in [1.807, 2.05) is 0 Å². The second-order valence-electron chi connectivity index (χ2n) is 5.67. The number of carboxylic acids is 1. The molecule has 2 aromatic rings. The molecule has 0 amide bonds. The topological polar surface area (TPSA) is 45.2 Å². The molecule has 0 spiro atoms. The molecule has 4 nitrogen and oxygen atoms in total. The summed E-state index contributed by atoms with van der Waals surface area (Å²) >= 11 is 12.0. The molecule has 2 aliphatic heterocycles. The highest BCUT2D eigenvalue weighted by Gasteiger charge is 2.54. The van der Waals surface area contributed by atoms with Crippen molar-refractivity contribution in [2.45, 2.75) is 0 Å². The Kier molecular flexibility index (Phi) is 3.42. The predicted octanol–water partition coefficient (Wildman–Crippen LogP) is 4.06. The summed E-state index contributed by atoms with van der Waals surface area (Å²) in [4.78, 5) is 11.0. The molecular weight excluding hydrogens is 372 g/mol. The number of nitrogens with zero attached hydrogens (tertiary/aromatic N) is 2. The number of hydrogen-bond acceptors (Lipinski definition) is 1. The number of carboxylic acid groups (broad SMARTS) is 1. The van der Waals surface area contributed by atoms with Crippen molar-refractivity contribution in [3.8, 4) is 0 Å². The fraction of sp³-hybridized carbons (Fsp3) is 0. The van der Waals surface area contributed by atoms with E-state index in [2.05, 4.69) is 0 Å². The molecule has 0 atom stereocenters. The molecular formula is C16H9BCl2F2N2O2. The second kappa shape index (κ2) is 5.31. The first-order valence-electron chi connectivity index (χ1n) is 7.30. The van der Waals surface area contributed by atoms with Crippen LogP contribution in [-0.4, -0.2) is 32.2 Å². The van der Waals surface area contributed by atoms with Crippen molar-refractivity contribution in [1.29, 1.82) is 0 Å². The van der Waals surface area contributed by atoms with Crippen LogP contribution in [0.5, 0.6) is 0 Å². The molecule has 0 aliphatic carbocycles. The lowest BCUT2D eigenvalue weighted by molar-refractivity contribution is -0.358. The largest absolute Gasteiger partial charge is 0.739 e. The van der Waals surface area contributed by atoms with Gasteiger partial charge in [0, 0.05) is 17.8 Å². The molecule has 25 heavy (non-hydrogen) atoms. The first kappa shape index (κ1) is 16.1. The van der Waals surface area contributed by atoms with Gasteiger partial charge in [-0.25, -0.2) is 4.79 Å². The van der Waals surface area contributed by atoms with Crippen LogP contribution in [-0.2, 0) is 0 Å². The number of carbonyl (C=O) groups is 1. The van der Waals surface area contributed by atoms with Crippen LogP contribution in [0.3, 0.4) is 0 Å². The Morgan fingerprint density at radius 3 is 2.40 bits per heavy atom. The van der Waals surface area contributed by atoms with Gasteiger partial charge in [-0.15, -0.1) is 0 Å². The molecule has 9 heteroatoms. The van der Waals surface area contributed by atoms with Crippen LogP contribution in [0, 0.1) is 0 Å². The highest BCUT2D eigenvalue weighted by atomic mass is 35.5. The maximum atomic E-state index is 15.0. The van der Waals surface area contributed by atoms with Crippen LogP contribution in [0.4, 0.5) is 8.63 Å². The minimum absolute atomic E-state index is 0.102. The number of benzene rings is 1. The van der Waals surface area contributed by atoms with Crippen molar-refractivity contribution < 1.29 is 23.0 Å². The maximum absolute atomic E-state index is 15.0. The highest BCUT2D eigenvalue weighted by molar-refractivity contribution is 6.71. The first-order valence-corrected chi connectivity index (χ1v) is 8.05. The maximum Gasteiger partial charge on any atom is 0.739 e. The molecule has 1 aromatic heterocycles. The Bertz CT molecular complexity index is 1020. The molecule has 126 valence electrons. The number of hydrogen-bond donors (Lipinski definition) is 1. The summed E-state index contributed by atoms with van der Waals surface area (Å²) in [6.07, 6.45) is 2.92. The van der Waals surface area contributed by atoms with Crippen molar-refractivity contribution in [2.75, 3.05) is 0 Å². The number of halogens is 4. The molecule has 0 saturated heterocycles. The minimum atomic E-state index is -4.23. The van der Waals surface area contributed by atoms with Gasteiger partial charge in [-0.2, -0.15) is 0 Å². The summed E-state index contributed by atoms with van der Waals surface area (Å²) in [5.41, 5.74) is 1.70. The summed E-state index contributed by atoms with van der Waals surface area (Å²) in [6, 6.07) is 8.91. The third-order valence-electron chi connectivity index (χ3n) is 4.29. The zero-order chi connectivity index (χ0) is 17.9. The molecule has 0 saturated carbocycles. The quantitative estimate of drug-likeness (QED) is 0.798. The van der Waals surface area contributed by atoms with Crippen LogP contribution in [0.2, 0.25) is 5.15 Å². The van der Waals surface area contributed by atoms with Crippen LogP contribution in [0.25, 0.3) is 5.57 Å². The summed E-state index contributed by atoms with van der Waals surface area (Å²) in [7, 11) is 0. The van der Waals surface area contributed by atoms with Crippen LogP contribution < -0.4 is 0 Å². The third kappa shape index (κ3) is 2.19. The van der Waals surface area contributed by atoms with Gasteiger partial charge >= 0.3 is 12.9 Å². The van der Waals surface area contributed by atoms with Crippen molar-refractivity contribution in [3.05, 3.63) is 76.2 Å². The molecule has 3 heterocycles. The van der Waals surface area contributed by atoms with Gasteiger partial charge in [0.05, 0.1) is 16.3 Å². The van der Waals surface area contributed by atoms with Crippen LogP contribution >= 0.6 is 23.2 Å². The predicted molar refractivity (Wildman–Crippen MR) is 92.5 cm³/mol. The van der Waals surface area contributed by atoms with Gasteiger partial charge < -0.3 is 22.7 Å². The zero-order valence-corrected chi connectivity index (χ0v) is 14.0. The van der Waals surface area contributed by atoms with E-state index in [9.17, 15) is 13.4 Å². The summed E-state index contributed by atoms with van der Waals surface area (Å²) in [6.45, 7) is -4.23. The summed E-state index contributed by atoms with van der Waals surface area (Å²) in [5, 5.41) is 8.83. The number of fused-ring (bicyclic) bond motifs is 2. The van der Waals surface area contributed by atoms with Gasteiger partial charge in [-0.1, -0.05) is 23.7 Å². The molecule has 0 fully saturated rings. The Balaban J connectivity index is 2.02. The molecule has 0 bridgehead atoms. The Morgan fingerprint density at radius 1 is 1.08 bits per heavy atom. The van der Waals surface area contributed by atoms with Gasteiger partial charge in [0.15, 0.2) is 5.70 Å². The number of aromatic carboxylic acids is 1. The van der Waals surface area contributed by atoms with E-state index in [0.717, 1.165) is 8.96 Å². The molecule has 1 N–H and O–H groups in total. The monoisotopic (exact) mass is 380 g/mol. The van der Waals surface area contributed by atoms with E-state index in [-0.39, 0.29) is 27.3 Å². The zero-order valence-electron chi connectivity index (χ0n) is 12.5. The van der Waals surface area contributed by atoms with E-state index in [1.165, 1.54) is 36.4 Å². The van der Waals surface area contributed by atoms with Gasteiger partial charge in [0.25, 0.3) is 0 Å². The van der Waals surface area contributed by atoms with E-state index >= 15 is 0 Å². The standard InChI is InChI=1S/C16H9BCl2F2N2O2/c18-13-7-5-11-15(9-1-3-10(4-2-9)16(24)25)12-6-8-14(19)23(12)17(20,21)22(11)13/h1-8H,(H,24,25). The van der Waals surface area contributed by atoms with Gasteiger partial charge in [-0.05, 0) is 41.4 Å². The average molecular weight is 381 g/mol. The Labute approximate surface area is 151 Å². The highest BCUT2D eigenvalue weighted by Crippen LogP contribution is 2.41. The first-order chi connectivity index (χ1) is 11.8. The number of rotatable bonds is 2. The Morgan fingerprint density at radius 2 is 1.76 bits per heavy atom.